The van der Waals surface area contributed by atoms with Gasteiger partial charge in [0.1, 0.15) is 5.52 Å². The van der Waals surface area contributed by atoms with E-state index >= 15 is 0 Å². The molecule has 0 aliphatic heterocycles. The number of anilines is 1. The van der Waals surface area contributed by atoms with Gasteiger partial charge in [-0.2, -0.15) is 4.98 Å². The Balaban J connectivity index is 2.14. The number of nitrogen functional groups attached to an aromatic ring is 1. The number of oxazole rings is 1. The summed E-state index contributed by atoms with van der Waals surface area (Å²) in [7, 11) is 1.68. The van der Waals surface area contributed by atoms with Crippen LogP contribution in [0, 0.1) is 0 Å². The SMILES string of the molecule is CC(C)(N)C(C)(C)O[B]c1ccc2oc(N)nc2c1. The lowest BCUT2D eigenvalue weighted by Crippen LogP contribution is -2.55. The molecule has 5 nitrogen and oxygen atoms in total. The summed E-state index contributed by atoms with van der Waals surface area (Å²) in [6, 6.07) is 5.71. The molecule has 2 rings (SSSR count). The number of fused-ring (bicyclic) bond motifs is 1. The average Bonchev–Trinajstić information content (AvgIpc) is 2.64. The zero-order chi connectivity index (χ0) is 14.3. The third-order valence-corrected chi connectivity index (χ3v) is 3.47. The molecule has 1 aromatic heterocycles. The van der Waals surface area contributed by atoms with E-state index < -0.39 is 11.1 Å². The molecule has 0 spiro atoms. The lowest BCUT2D eigenvalue weighted by Gasteiger charge is -2.38. The summed E-state index contributed by atoms with van der Waals surface area (Å²) in [5, 5.41) is 0. The zero-order valence-electron chi connectivity index (χ0n) is 11.7. The van der Waals surface area contributed by atoms with Crippen LogP contribution in [-0.2, 0) is 4.65 Å². The third kappa shape index (κ3) is 2.90. The number of hydrogen-bond acceptors (Lipinski definition) is 5. The summed E-state index contributed by atoms with van der Waals surface area (Å²) < 4.78 is 11.0. The Morgan fingerprint density at radius 2 is 1.95 bits per heavy atom. The van der Waals surface area contributed by atoms with E-state index in [0.717, 1.165) is 5.46 Å². The molecular formula is C13H19BN3O2. The van der Waals surface area contributed by atoms with Gasteiger partial charge in [0.2, 0.25) is 0 Å². The maximum atomic E-state index is 6.08. The van der Waals surface area contributed by atoms with Crippen LogP contribution in [0.25, 0.3) is 11.1 Å². The van der Waals surface area contributed by atoms with Crippen LogP contribution >= 0.6 is 0 Å². The van der Waals surface area contributed by atoms with Crippen LogP contribution in [0.2, 0.25) is 0 Å². The van der Waals surface area contributed by atoms with E-state index in [1.165, 1.54) is 0 Å². The Labute approximate surface area is 113 Å². The third-order valence-electron chi connectivity index (χ3n) is 3.47. The first kappa shape index (κ1) is 13.9. The van der Waals surface area contributed by atoms with Gasteiger partial charge in [0.25, 0.3) is 6.01 Å². The number of benzene rings is 1. The van der Waals surface area contributed by atoms with Crippen molar-refractivity contribution in [1.82, 2.24) is 4.98 Å². The van der Waals surface area contributed by atoms with Crippen molar-refractivity contribution in [2.24, 2.45) is 5.73 Å². The van der Waals surface area contributed by atoms with Crippen LogP contribution < -0.4 is 16.9 Å². The van der Waals surface area contributed by atoms with Crippen LogP contribution in [-0.4, -0.2) is 23.6 Å². The molecule has 19 heavy (non-hydrogen) atoms. The number of aromatic nitrogens is 1. The first-order valence-electron chi connectivity index (χ1n) is 6.15. The fourth-order valence-corrected chi connectivity index (χ4v) is 1.40. The summed E-state index contributed by atoms with van der Waals surface area (Å²) in [6.07, 6.45) is 0. The minimum absolute atomic E-state index is 0.163. The van der Waals surface area contributed by atoms with Gasteiger partial charge in [0.05, 0.1) is 5.60 Å². The van der Waals surface area contributed by atoms with Gasteiger partial charge in [-0.1, -0.05) is 11.5 Å². The molecule has 1 radical (unpaired) electrons. The minimum atomic E-state index is -0.481. The molecule has 0 saturated heterocycles. The molecule has 0 unspecified atom stereocenters. The van der Waals surface area contributed by atoms with Crippen molar-refractivity contribution < 1.29 is 9.07 Å². The van der Waals surface area contributed by atoms with E-state index in [-0.39, 0.29) is 6.01 Å². The van der Waals surface area contributed by atoms with Gasteiger partial charge in [0, 0.05) is 5.54 Å². The van der Waals surface area contributed by atoms with Gasteiger partial charge in [-0.15, -0.1) is 0 Å². The lowest BCUT2D eigenvalue weighted by molar-refractivity contribution is 0.0462. The Morgan fingerprint density at radius 3 is 2.58 bits per heavy atom. The Kier molecular flexibility index (Phi) is 3.32. The van der Waals surface area contributed by atoms with Gasteiger partial charge in [-0.3, -0.25) is 0 Å². The fourth-order valence-electron chi connectivity index (χ4n) is 1.40. The van der Waals surface area contributed by atoms with Crippen molar-refractivity contribution in [3.63, 3.8) is 0 Å². The summed E-state index contributed by atoms with van der Waals surface area (Å²) in [5.74, 6) is 0. The first-order chi connectivity index (χ1) is 8.69. The molecule has 0 amide bonds. The summed E-state index contributed by atoms with van der Waals surface area (Å²) in [5.41, 5.74) is 12.9. The quantitative estimate of drug-likeness (QED) is 0.806. The van der Waals surface area contributed by atoms with Gasteiger partial charge < -0.3 is 20.5 Å². The second kappa shape index (κ2) is 4.54. The molecular weight excluding hydrogens is 241 g/mol. The van der Waals surface area contributed by atoms with Crippen LogP contribution in [0.3, 0.4) is 0 Å². The Bertz CT molecular complexity index is 587. The molecule has 1 aromatic carbocycles. The van der Waals surface area contributed by atoms with Crippen LogP contribution in [0.4, 0.5) is 6.01 Å². The van der Waals surface area contributed by atoms with Gasteiger partial charge in [-0.25, -0.2) is 0 Å². The number of rotatable bonds is 4. The highest BCUT2D eigenvalue weighted by Crippen LogP contribution is 2.22. The maximum absolute atomic E-state index is 6.08. The molecule has 0 fully saturated rings. The highest BCUT2D eigenvalue weighted by atomic mass is 16.5. The standard InChI is InChI=1S/C13H19BN3O2/c1-12(2,16)13(3,4)19-14-8-5-6-10-9(7-8)17-11(15)18-10/h5-7H,16H2,1-4H3,(H2,15,17). The highest BCUT2D eigenvalue weighted by molar-refractivity contribution is 6.47. The molecule has 1 heterocycles. The topological polar surface area (TPSA) is 87.3 Å². The molecule has 0 saturated carbocycles. The molecule has 0 aliphatic rings. The second-order valence-corrected chi connectivity index (χ2v) is 5.75. The minimum Gasteiger partial charge on any atom is -0.428 e. The fraction of sp³-hybridized carbons (Fsp3) is 0.462. The maximum Gasteiger partial charge on any atom is 0.330 e. The predicted molar refractivity (Wildman–Crippen MR) is 77.2 cm³/mol. The zero-order valence-corrected chi connectivity index (χ0v) is 11.7. The van der Waals surface area contributed by atoms with Crippen molar-refractivity contribution in [2.45, 2.75) is 38.8 Å². The second-order valence-electron chi connectivity index (χ2n) is 5.75. The summed E-state index contributed by atoms with van der Waals surface area (Å²) in [6.45, 7) is 7.77. The van der Waals surface area contributed by atoms with E-state index in [4.69, 9.17) is 20.5 Å². The summed E-state index contributed by atoms with van der Waals surface area (Å²) in [4.78, 5) is 4.08. The van der Waals surface area contributed by atoms with Gasteiger partial charge in [-0.05, 0) is 39.8 Å². The van der Waals surface area contributed by atoms with Crippen LogP contribution in [0.1, 0.15) is 27.7 Å². The van der Waals surface area contributed by atoms with Gasteiger partial charge >= 0.3 is 7.48 Å². The molecule has 4 N–H and O–H groups in total. The van der Waals surface area contributed by atoms with E-state index in [1.807, 2.05) is 45.9 Å². The number of nitrogens with two attached hydrogens (primary N) is 2. The van der Waals surface area contributed by atoms with E-state index in [0.29, 0.717) is 11.1 Å². The van der Waals surface area contributed by atoms with E-state index in [2.05, 4.69) is 4.98 Å². The molecule has 6 heteroatoms. The lowest BCUT2D eigenvalue weighted by atomic mass is 9.81. The van der Waals surface area contributed by atoms with Crippen molar-refractivity contribution in [1.29, 1.82) is 0 Å². The van der Waals surface area contributed by atoms with Crippen LogP contribution in [0.5, 0.6) is 0 Å². The van der Waals surface area contributed by atoms with E-state index in [9.17, 15) is 0 Å². The van der Waals surface area contributed by atoms with Crippen molar-refractivity contribution in [3.05, 3.63) is 18.2 Å². The normalized spacial score (nSPS) is 12.9. The average molecular weight is 260 g/mol. The molecule has 0 aliphatic carbocycles. The first-order valence-corrected chi connectivity index (χ1v) is 6.15. The predicted octanol–water partition coefficient (Wildman–Crippen LogP) is 1.19. The van der Waals surface area contributed by atoms with Crippen molar-refractivity contribution in [3.8, 4) is 0 Å². The Hall–Kier alpha value is -1.53. The molecule has 0 atom stereocenters. The summed E-state index contributed by atoms with van der Waals surface area (Å²) >= 11 is 0. The monoisotopic (exact) mass is 260 g/mol. The number of nitrogens with zero attached hydrogens (tertiary/aromatic N) is 1. The molecule has 0 bridgehead atoms. The smallest absolute Gasteiger partial charge is 0.330 e. The van der Waals surface area contributed by atoms with Crippen molar-refractivity contribution in [2.75, 3.05) is 5.73 Å². The molecule has 101 valence electrons. The van der Waals surface area contributed by atoms with Crippen LogP contribution in [0.15, 0.2) is 22.6 Å². The largest absolute Gasteiger partial charge is 0.428 e. The Morgan fingerprint density at radius 1 is 1.26 bits per heavy atom. The van der Waals surface area contributed by atoms with E-state index in [1.54, 1.807) is 7.48 Å². The highest BCUT2D eigenvalue weighted by Gasteiger charge is 2.34. The van der Waals surface area contributed by atoms with Crippen molar-refractivity contribution >= 4 is 30.1 Å². The molecule has 2 aromatic rings. The van der Waals surface area contributed by atoms with Gasteiger partial charge in [0.15, 0.2) is 5.58 Å². The number of hydrogen-bond donors (Lipinski definition) is 2.